The quantitative estimate of drug-likeness (QED) is 0.906. The molecule has 0 bridgehead atoms. The maximum atomic E-state index is 13.0. The molecule has 1 aromatic rings. The Labute approximate surface area is 142 Å². The fourth-order valence-corrected chi connectivity index (χ4v) is 3.88. The number of piperidine rings is 2. The van der Waals surface area contributed by atoms with Crippen molar-refractivity contribution < 1.29 is 9.59 Å². The van der Waals surface area contributed by atoms with Gasteiger partial charge in [0.1, 0.15) is 0 Å². The smallest absolute Gasteiger partial charge is 0.314 e. The molecule has 2 aliphatic heterocycles. The third kappa shape index (κ3) is 3.71. The van der Waals surface area contributed by atoms with Gasteiger partial charge in [0.25, 0.3) is 0 Å². The fraction of sp³-hybridized carbons (Fsp3) is 0.706. The molecule has 1 aromatic heterocycles. The number of carbonyl (C=O) groups is 2. The van der Waals surface area contributed by atoms with Gasteiger partial charge in [-0.3, -0.25) is 9.48 Å². The van der Waals surface area contributed by atoms with E-state index in [0.717, 1.165) is 50.8 Å². The lowest BCUT2D eigenvalue weighted by Gasteiger charge is -2.40. The van der Waals surface area contributed by atoms with Crippen molar-refractivity contribution in [3.05, 3.63) is 18.0 Å². The molecule has 0 radical (unpaired) electrons. The van der Waals surface area contributed by atoms with E-state index in [-0.39, 0.29) is 17.9 Å². The Morgan fingerprint density at radius 2 is 2.08 bits per heavy atom. The highest BCUT2D eigenvalue weighted by molar-refractivity contribution is 5.81. The summed E-state index contributed by atoms with van der Waals surface area (Å²) in [5.74, 6) is 0.0562. The Hall–Kier alpha value is -2.05. The average Bonchev–Trinajstić information content (AvgIpc) is 3.00. The lowest BCUT2D eigenvalue weighted by Crippen LogP contribution is -2.52. The van der Waals surface area contributed by atoms with Crippen molar-refractivity contribution in [1.82, 2.24) is 19.6 Å². The summed E-state index contributed by atoms with van der Waals surface area (Å²) in [5, 5.41) is 4.36. The second-order valence-electron chi connectivity index (χ2n) is 7.04. The average molecular weight is 333 g/mol. The molecule has 7 nitrogen and oxygen atoms in total. The lowest BCUT2D eigenvalue weighted by atomic mass is 9.93. The molecule has 2 saturated heterocycles. The van der Waals surface area contributed by atoms with Crippen molar-refractivity contribution in [2.45, 2.75) is 51.6 Å². The molecule has 24 heavy (non-hydrogen) atoms. The zero-order chi connectivity index (χ0) is 17.1. The van der Waals surface area contributed by atoms with E-state index in [1.165, 1.54) is 0 Å². The summed E-state index contributed by atoms with van der Waals surface area (Å²) in [4.78, 5) is 28.1. The molecular weight excluding hydrogens is 306 g/mol. The topological polar surface area (TPSA) is 84.5 Å². The Kier molecular flexibility index (Phi) is 5.06. The van der Waals surface area contributed by atoms with Crippen LogP contribution in [0.15, 0.2) is 12.4 Å². The van der Waals surface area contributed by atoms with E-state index < -0.39 is 6.03 Å². The number of likely N-dealkylation sites (tertiary alicyclic amines) is 2. The summed E-state index contributed by atoms with van der Waals surface area (Å²) >= 11 is 0. The van der Waals surface area contributed by atoms with Gasteiger partial charge in [-0.05, 0) is 44.6 Å². The van der Waals surface area contributed by atoms with Gasteiger partial charge in [-0.25, -0.2) is 4.79 Å². The van der Waals surface area contributed by atoms with Crippen LogP contribution in [0.5, 0.6) is 0 Å². The molecule has 3 rings (SSSR count). The first-order valence-electron chi connectivity index (χ1n) is 8.88. The van der Waals surface area contributed by atoms with E-state index >= 15 is 0 Å². The van der Waals surface area contributed by atoms with Crippen LogP contribution in [0.25, 0.3) is 0 Å². The first kappa shape index (κ1) is 16.8. The van der Waals surface area contributed by atoms with Gasteiger partial charge in [-0.15, -0.1) is 0 Å². The number of nitrogens with zero attached hydrogens (tertiary/aromatic N) is 4. The Bertz CT molecular complexity index is 600. The second-order valence-corrected chi connectivity index (χ2v) is 7.04. The highest BCUT2D eigenvalue weighted by Gasteiger charge is 2.34. The van der Waals surface area contributed by atoms with Gasteiger partial charge < -0.3 is 15.5 Å². The van der Waals surface area contributed by atoms with Crippen molar-refractivity contribution in [1.29, 1.82) is 0 Å². The van der Waals surface area contributed by atoms with Gasteiger partial charge in [0.2, 0.25) is 5.91 Å². The fourth-order valence-electron chi connectivity index (χ4n) is 3.88. The Morgan fingerprint density at radius 1 is 1.25 bits per heavy atom. The molecule has 7 heteroatoms. The highest BCUT2D eigenvalue weighted by atomic mass is 16.2. The molecule has 132 valence electrons. The number of nitrogens with two attached hydrogens (primary N) is 1. The molecule has 2 aliphatic rings. The number of hydrogen-bond donors (Lipinski definition) is 1. The van der Waals surface area contributed by atoms with Crippen LogP contribution in [0.4, 0.5) is 4.79 Å². The minimum atomic E-state index is -0.422. The van der Waals surface area contributed by atoms with Gasteiger partial charge in [-0.2, -0.15) is 5.10 Å². The predicted octanol–water partition coefficient (Wildman–Crippen LogP) is 1.36. The summed E-state index contributed by atoms with van der Waals surface area (Å²) in [6, 6.07) is -0.232. The van der Waals surface area contributed by atoms with Crippen LogP contribution >= 0.6 is 0 Å². The van der Waals surface area contributed by atoms with Crippen LogP contribution < -0.4 is 5.73 Å². The van der Waals surface area contributed by atoms with Gasteiger partial charge in [0.05, 0.1) is 24.7 Å². The minimum Gasteiger partial charge on any atom is -0.351 e. The molecule has 0 unspecified atom stereocenters. The van der Waals surface area contributed by atoms with E-state index in [4.69, 9.17) is 5.73 Å². The molecule has 2 N–H and O–H groups in total. The Morgan fingerprint density at radius 3 is 2.79 bits per heavy atom. The van der Waals surface area contributed by atoms with E-state index in [9.17, 15) is 9.59 Å². The summed E-state index contributed by atoms with van der Waals surface area (Å²) in [6.45, 7) is 4.68. The molecule has 0 saturated carbocycles. The number of aryl methyl sites for hydroxylation is 1. The highest BCUT2D eigenvalue weighted by Crippen LogP contribution is 2.25. The van der Waals surface area contributed by atoms with Crippen LogP contribution in [0.2, 0.25) is 0 Å². The molecule has 0 aromatic carbocycles. The van der Waals surface area contributed by atoms with Crippen molar-refractivity contribution in [2.24, 2.45) is 11.7 Å². The maximum Gasteiger partial charge on any atom is 0.314 e. The SMILES string of the molecule is Cc1cnn(C[C@H]2CCCCN2C(=O)[C@@H]2CCCN(C(N)=O)C2)c1. The normalized spacial score (nSPS) is 24.9. The lowest BCUT2D eigenvalue weighted by molar-refractivity contribution is -0.141. The van der Waals surface area contributed by atoms with E-state index in [1.807, 2.05) is 28.9 Å². The number of primary amides is 1. The number of rotatable bonds is 3. The second kappa shape index (κ2) is 7.23. The van der Waals surface area contributed by atoms with Crippen molar-refractivity contribution in [2.75, 3.05) is 19.6 Å². The van der Waals surface area contributed by atoms with Gasteiger partial charge >= 0.3 is 6.03 Å². The maximum absolute atomic E-state index is 13.0. The van der Waals surface area contributed by atoms with Crippen LogP contribution in [0.1, 0.15) is 37.7 Å². The first-order chi connectivity index (χ1) is 11.5. The summed E-state index contributed by atoms with van der Waals surface area (Å²) in [7, 11) is 0. The monoisotopic (exact) mass is 333 g/mol. The standard InChI is InChI=1S/C17H27N5O2/c1-13-9-19-21(10-13)12-15-6-2-3-8-22(15)16(23)14-5-4-7-20(11-14)17(18)24/h9-10,14-15H,2-8,11-12H2,1H3,(H2,18,24)/t14-,15-/m1/s1. The molecule has 3 amide bonds. The third-order valence-electron chi connectivity index (χ3n) is 5.15. The molecular formula is C17H27N5O2. The first-order valence-corrected chi connectivity index (χ1v) is 8.88. The third-order valence-corrected chi connectivity index (χ3v) is 5.15. The van der Waals surface area contributed by atoms with Gasteiger partial charge in [-0.1, -0.05) is 0 Å². The van der Waals surface area contributed by atoms with Crippen LogP contribution in [0.3, 0.4) is 0 Å². The van der Waals surface area contributed by atoms with E-state index in [1.54, 1.807) is 4.90 Å². The van der Waals surface area contributed by atoms with Crippen LogP contribution in [-0.4, -0.2) is 57.2 Å². The zero-order valence-electron chi connectivity index (χ0n) is 14.4. The molecule has 0 spiro atoms. The van der Waals surface area contributed by atoms with E-state index in [2.05, 4.69) is 5.10 Å². The van der Waals surface area contributed by atoms with Crippen molar-refractivity contribution >= 4 is 11.9 Å². The Balaban J connectivity index is 1.67. The van der Waals surface area contributed by atoms with Crippen LogP contribution in [0, 0.1) is 12.8 Å². The van der Waals surface area contributed by atoms with E-state index in [0.29, 0.717) is 13.1 Å². The minimum absolute atomic E-state index is 0.119. The zero-order valence-corrected chi connectivity index (χ0v) is 14.4. The number of carbonyl (C=O) groups excluding carboxylic acids is 2. The summed E-state index contributed by atoms with van der Waals surface area (Å²) in [5.41, 5.74) is 6.52. The van der Waals surface area contributed by atoms with Gasteiger partial charge in [0.15, 0.2) is 0 Å². The van der Waals surface area contributed by atoms with Crippen molar-refractivity contribution in [3.63, 3.8) is 0 Å². The summed E-state index contributed by atoms with van der Waals surface area (Å²) < 4.78 is 1.93. The van der Waals surface area contributed by atoms with Gasteiger partial charge in [0, 0.05) is 25.8 Å². The summed E-state index contributed by atoms with van der Waals surface area (Å²) in [6.07, 6.45) is 8.76. The van der Waals surface area contributed by atoms with Crippen LogP contribution in [-0.2, 0) is 11.3 Å². The number of amides is 3. The number of urea groups is 1. The molecule has 0 aliphatic carbocycles. The molecule has 2 fully saturated rings. The predicted molar refractivity (Wildman–Crippen MR) is 90.2 cm³/mol. The molecule has 2 atom stereocenters. The number of aromatic nitrogens is 2. The molecule has 3 heterocycles. The largest absolute Gasteiger partial charge is 0.351 e. The number of hydrogen-bond acceptors (Lipinski definition) is 3. The van der Waals surface area contributed by atoms with Crippen molar-refractivity contribution in [3.8, 4) is 0 Å².